The zero-order valence-electron chi connectivity index (χ0n) is 39.5. The summed E-state index contributed by atoms with van der Waals surface area (Å²) in [7, 11) is 0. The Kier molecular flexibility index (Phi) is 13.9. The maximum atomic E-state index is 14.7. The Bertz CT molecular complexity index is 1790. The minimum Gasteiger partial charge on any atom is -0.432 e. The van der Waals surface area contributed by atoms with E-state index in [1.165, 1.54) is 5.57 Å². The molecule has 66 heavy (non-hydrogen) atoms. The number of aliphatic hydroxyl groups excluding tert-OH is 11. The molecule has 0 spiro atoms. The Morgan fingerprint density at radius 3 is 1.77 bits per heavy atom. The fourth-order valence-corrected chi connectivity index (χ4v) is 15.0. The lowest BCUT2D eigenvalue weighted by molar-refractivity contribution is -0.368. The van der Waals surface area contributed by atoms with Crippen molar-refractivity contribution < 1.29 is 89.4 Å². The number of carbonyl (C=O) groups is 1. The lowest BCUT2D eigenvalue weighted by Gasteiger charge is -2.71. The standard InChI is InChI=1S/C48H78O18/c1-43(2)14-16-48(42(60)66-41-36(58)33(55)31(53)25(20-50)62-41)17-15-46(6)22(23(48)18-43)8-9-28-45(5)12-11-29(44(3,4)27(45)10-13-47(28,46)7)64-39-37(59)34(56)38(26(21-51)63-39)65-40-35(57)32(54)30(52)24(19-49)61-40/h8,23-41,49-59H,9-21H2,1-7H3/t23-,24+,25+,26+,27?,28?,29+,30-,31+,32-,33-,34+,35+,36+,37+,38+,39-,40-,41-,45-,46+,47+,48-/m0/s1. The molecule has 0 aromatic carbocycles. The summed E-state index contributed by atoms with van der Waals surface area (Å²) in [6.07, 6.45) is -13.5. The van der Waals surface area contributed by atoms with Gasteiger partial charge < -0.3 is 84.6 Å². The number of hydrogen-bond acceptors (Lipinski definition) is 18. The molecule has 11 N–H and O–H groups in total. The molecule has 3 heterocycles. The van der Waals surface area contributed by atoms with Gasteiger partial charge in [0.2, 0.25) is 6.29 Å². The summed E-state index contributed by atoms with van der Waals surface area (Å²) >= 11 is 0. The molecule has 18 heteroatoms. The second-order valence-corrected chi connectivity index (χ2v) is 23.5. The summed E-state index contributed by atoms with van der Waals surface area (Å²) in [5.41, 5.74) is -0.613. The molecule has 7 fully saturated rings. The van der Waals surface area contributed by atoms with E-state index in [1.807, 2.05) is 0 Å². The Morgan fingerprint density at radius 1 is 0.606 bits per heavy atom. The molecule has 3 saturated heterocycles. The van der Waals surface area contributed by atoms with E-state index in [4.69, 9.17) is 28.4 Å². The van der Waals surface area contributed by atoms with Gasteiger partial charge in [0.05, 0.1) is 31.3 Å². The molecule has 0 aromatic rings. The molecule has 378 valence electrons. The summed E-state index contributed by atoms with van der Waals surface area (Å²) < 4.78 is 35.6. The van der Waals surface area contributed by atoms with Gasteiger partial charge in [-0.1, -0.05) is 60.1 Å². The van der Waals surface area contributed by atoms with E-state index in [2.05, 4.69) is 54.5 Å². The summed E-state index contributed by atoms with van der Waals surface area (Å²) in [5, 5.41) is 115. The van der Waals surface area contributed by atoms with Crippen molar-refractivity contribution in [3.63, 3.8) is 0 Å². The van der Waals surface area contributed by atoms with E-state index >= 15 is 0 Å². The van der Waals surface area contributed by atoms with Crippen molar-refractivity contribution in [2.45, 2.75) is 211 Å². The Morgan fingerprint density at radius 2 is 1.15 bits per heavy atom. The van der Waals surface area contributed by atoms with Crippen molar-refractivity contribution >= 4 is 5.97 Å². The van der Waals surface area contributed by atoms with Crippen LogP contribution in [0.1, 0.15) is 113 Å². The Balaban J connectivity index is 0.998. The third kappa shape index (κ3) is 7.87. The number of fused-ring (bicyclic) bond motifs is 7. The average Bonchev–Trinajstić information content (AvgIpc) is 3.27. The van der Waals surface area contributed by atoms with Gasteiger partial charge >= 0.3 is 5.97 Å². The molecule has 0 amide bonds. The van der Waals surface area contributed by atoms with Gasteiger partial charge in [-0.25, -0.2) is 0 Å². The predicted molar refractivity (Wildman–Crippen MR) is 230 cm³/mol. The Labute approximate surface area is 387 Å². The van der Waals surface area contributed by atoms with E-state index in [-0.39, 0.29) is 39.4 Å². The zero-order valence-corrected chi connectivity index (χ0v) is 39.5. The number of rotatable bonds is 9. The summed E-state index contributed by atoms with van der Waals surface area (Å²) in [6, 6.07) is 0. The molecular weight excluding hydrogens is 865 g/mol. The van der Waals surface area contributed by atoms with Gasteiger partial charge in [-0.3, -0.25) is 4.79 Å². The molecule has 18 nitrogen and oxygen atoms in total. The summed E-state index contributed by atoms with van der Waals surface area (Å²) in [6.45, 7) is 14.1. The van der Waals surface area contributed by atoms with Gasteiger partial charge in [0, 0.05) is 0 Å². The first-order chi connectivity index (χ1) is 30.9. The highest BCUT2D eigenvalue weighted by Gasteiger charge is 2.70. The zero-order chi connectivity index (χ0) is 48.3. The van der Waals surface area contributed by atoms with E-state index in [0.29, 0.717) is 19.3 Å². The molecular formula is C48H78O18. The van der Waals surface area contributed by atoms with Crippen molar-refractivity contribution in [2.24, 2.45) is 50.2 Å². The van der Waals surface area contributed by atoms with Crippen LogP contribution in [0.5, 0.6) is 0 Å². The molecule has 0 radical (unpaired) electrons. The molecule has 23 atom stereocenters. The monoisotopic (exact) mass is 943 g/mol. The predicted octanol–water partition coefficient (Wildman–Crippen LogP) is 0.141. The third-order valence-corrected chi connectivity index (χ3v) is 19.3. The lowest BCUT2D eigenvalue weighted by Crippen LogP contribution is -2.67. The number of aliphatic hydroxyl groups is 11. The molecule has 0 bridgehead atoms. The van der Waals surface area contributed by atoms with Crippen molar-refractivity contribution in [3.8, 4) is 0 Å². The second kappa shape index (κ2) is 18.0. The number of esters is 1. The van der Waals surface area contributed by atoms with Crippen molar-refractivity contribution in [1.29, 1.82) is 0 Å². The lowest BCUT2D eigenvalue weighted by atomic mass is 9.33. The highest BCUT2D eigenvalue weighted by molar-refractivity contribution is 5.79. The van der Waals surface area contributed by atoms with Crippen LogP contribution in [0.25, 0.3) is 0 Å². The van der Waals surface area contributed by atoms with Gasteiger partial charge in [0.25, 0.3) is 0 Å². The van der Waals surface area contributed by atoms with Gasteiger partial charge in [0.1, 0.15) is 73.2 Å². The topological polar surface area (TPSA) is 295 Å². The number of ether oxygens (including phenoxy) is 6. The number of allylic oxidation sites excluding steroid dienone is 2. The molecule has 3 aliphatic heterocycles. The van der Waals surface area contributed by atoms with Crippen molar-refractivity contribution in [3.05, 3.63) is 11.6 Å². The molecule has 8 aliphatic rings. The summed E-state index contributed by atoms with van der Waals surface area (Å²) in [4.78, 5) is 14.7. The van der Waals surface area contributed by atoms with Crippen LogP contribution in [0.4, 0.5) is 0 Å². The van der Waals surface area contributed by atoms with Crippen molar-refractivity contribution in [1.82, 2.24) is 0 Å². The maximum absolute atomic E-state index is 14.7. The van der Waals surface area contributed by atoms with Crippen LogP contribution in [-0.2, 0) is 33.2 Å². The fraction of sp³-hybridized carbons (Fsp3) is 0.938. The first-order valence-electron chi connectivity index (χ1n) is 24.3. The number of hydrogen-bond donors (Lipinski definition) is 11. The van der Waals surface area contributed by atoms with E-state index in [0.717, 1.165) is 44.9 Å². The summed E-state index contributed by atoms with van der Waals surface area (Å²) in [5.74, 6) is -0.157. The maximum Gasteiger partial charge on any atom is 0.315 e. The van der Waals surface area contributed by atoms with Gasteiger partial charge in [0.15, 0.2) is 12.6 Å². The highest BCUT2D eigenvalue weighted by atomic mass is 16.7. The minimum absolute atomic E-state index is 0.0540. The smallest absolute Gasteiger partial charge is 0.315 e. The second-order valence-electron chi connectivity index (χ2n) is 23.5. The fourth-order valence-electron chi connectivity index (χ4n) is 15.0. The van der Waals surface area contributed by atoms with E-state index in [9.17, 15) is 61.0 Å². The van der Waals surface area contributed by atoms with Gasteiger partial charge in [-0.15, -0.1) is 0 Å². The highest BCUT2D eigenvalue weighted by Crippen LogP contribution is 2.76. The van der Waals surface area contributed by atoms with Crippen LogP contribution in [0.15, 0.2) is 11.6 Å². The van der Waals surface area contributed by atoms with Crippen LogP contribution in [0.3, 0.4) is 0 Å². The van der Waals surface area contributed by atoms with Crippen LogP contribution in [0.2, 0.25) is 0 Å². The normalized spacial score (nSPS) is 53.3. The molecule has 4 saturated carbocycles. The molecule has 5 aliphatic carbocycles. The van der Waals surface area contributed by atoms with Crippen LogP contribution in [0, 0.1) is 50.2 Å². The largest absolute Gasteiger partial charge is 0.432 e. The molecule has 0 aromatic heterocycles. The SMILES string of the molecule is CC1(C)CC[C@]2(C(=O)O[C@@H]3O[C@H](CO)[C@@H](O)[C@H](O)[C@H]3O)CC[C@]3(C)C(=CCC4[C@@]5(C)CC[C@@H](O[C@@H]6O[C@H](CO)[C@@H](O[C@@H]7O[C@H](CO)[C@H](O)[C@H](O)[C@H]7O)[C@H](O)[C@H]6O)C(C)(C)C5CC[C@]43C)[C@@H]2C1. The number of carbonyl (C=O) groups excluding carboxylic acids is 1. The van der Waals surface area contributed by atoms with Crippen LogP contribution < -0.4 is 0 Å². The van der Waals surface area contributed by atoms with Gasteiger partial charge in [-0.2, -0.15) is 0 Å². The third-order valence-electron chi connectivity index (χ3n) is 19.3. The van der Waals surface area contributed by atoms with E-state index < -0.39 is 135 Å². The molecule has 8 rings (SSSR count). The average molecular weight is 943 g/mol. The first-order valence-corrected chi connectivity index (χ1v) is 24.3. The Hall–Kier alpha value is -1.43. The molecule has 2 unspecified atom stereocenters. The quantitative estimate of drug-likeness (QED) is 0.0833. The van der Waals surface area contributed by atoms with Crippen molar-refractivity contribution in [2.75, 3.05) is 19.8 Å². The van der Waals surface area contributed by atoms with Crippen LogP contribution in [-0.4, -0.2) is 180 Å². The first kappa shape index (κ1) is 50.9. The van der Waals surface area contributed by atoms with E-state index in [1.54, 1.807) is 0 Å². The van der Waals surface area contributed by atoms with Gasteiger partial charge in [-0.05, 0) is 109 Å². The minimum atomic E-state index is -1.77. The van der Waals surface area contributed by atoms with Crippen LogP contribution >= 0.6 is 0 Å².